The third kappa shape index (κ3) is 4.25. The van der Waals surface area contributed by atoms with E-state index in [1.54, 1.807) is 54.6 Å². The minimum Gasteiger partial charge on any atom is -0.497 e. The molecule has 0 spiro atoms. The van der Waals surface area contributed by atoms with Crippen molar-refractivity contribution in [2.45, 2.75) is 6.61 Å². The number of fused-ring (bicyclic) bond motifs is 2. The molecule has 0 radical (unpaired) electrons. The van der Waals surface area contributed by atoms with Crippen LogP contribution in [0.3, 0.4) is 0 Å². The maximum atomic E-state index is 12.9. The molecule has 6 nitrogen and oxygen atoms in total. The Kier molecular flexibility index (Phi) is 5.77. The number of hydrogen-bond donors (Lipinski definition) is 0. The highest BCUT2D eigenvalue weighted by atomic mass is 35.5. The number of methoxy groups -OCH3 is 1. The summed E-state index contributed by atoms with van der Waals surface area (Å²) in [6.45, 7) is 0.264. The Hall–Kier alpha value is -3.74. The molecular weight excluding hydrogens is 479 g/mol. The number of ether oxygens (including phenoxy) is 2. The Morgan fingerprint density at radius 1 is 0.765 bits per heavy atom. The summed E-state index contributed by atoms with van der Waals surface area (Å²) in [6.07, 6.45) is 0. The fraction of sp³-hybridized carbons (Fsp3) is 0.0769. The molecule has 2 aromatic heterocycles. The molecule has 0 aliphatic rings. The van der Waals surface area contributed by atoms with Gasteiger partial charge in [-0.15, -0.1) is 0 Å². The SMILES string of the molecule is COc1ccc2c(-c3cc4ccc(OCc5ccc(Cl)c(Cl)c5)cc4oc3=O)cc(=O)oc2c1. The first-order valence-corrected chi connectivity index (χ1v) is 10.9. The molecule has 5 rings (SSSR count). The molecule has 0 saturated carbocycles. The van der Waals surface area contributed by atoms with Crippen LogP contribution in [0, 0.1) is 0 Å². The van der Waals surface area contributed by atoms with Gasteiger partial charge < -0.3 is 18.3 Å². The lowest BCUT2D eigenvalue weighted by molar-refractivity contribution is 0.306. The summed E-state index contributed by atoms with van der Waals surface area (Å²) in [4.78, 5) is 25.0. The zero-order valence-electron chi connectivity index (χ0n) is 17.8. The van der Waals surface area contributed by atoms with E-state index in [2.05, 4.69) is 0 Å². The van der Waals surface area contributed by atoms with E-state index in [9.17, 15) is 9.59 Å². The van der Waals surface area contributed by atoms with E-state index in [0.29, 0.717) is 49.0 Å². The molecular formula is C26H16Cl2O6. The molecule has 0 aliphatic carbocycles. The van der Waals surface area contributed by atoms with Gasteiger partial charge in [0.2, 0.25) is 0 Å². The molecule has 2 heterocycles. The van der Waals surface area contributed by atoms with Crippen LogP contribution in [0.15, 0.2) is 85.2 Å². The lowest BCUT2D eigenvalue weighted by Gasteiger charge is -2.09. The van der Waals surface area contributed by atoms with Gasteiger partial charge in [0, 0.05) is 34.5 Å². The highest BCUT2D eigenvalue weighted by molar-refractivity contribution is 6.42. The van der Waals surface area contributed by atoms with Gasteiger partial charge in [-0.05, 0) is 48.0 Å². The Balaban J connectivity index is 1.51. The van der Waals surface area contributed by atoms with Crippen molar-refractivity contribution in [3.05, 3.63) is 103 Å². The number of rotatable bonds is 5. The summed E-state index contributed by atoms with van der Waals surface area (Å²) in [6, 6.07) is 18.5. The van der Waals surface area contributed by atoms with Crippen LogP contribution in [-0.2, 0) is 6.61 Å². The second-order valence-electron chi connectivity index (χ2n) is 7.53. The minimum absolute atomic E-state index is 0.250. The fourth-order valence-corrected chi connectivity index (χ4v) is 3.98. The quantitative estimate of drug-likeness (QED) is 0.261. The van der Waals surface area contributed by atoms with Crippen molar-refractivity contribution < 1.29 is 18.3 Å². The zero-order valence-corrected chi connectivity index (χ0v) is 19.3. The van der Waals surface area contributed by atoms with Gasteiger partial charge in [0.15, 0.2) is 0 Å². The topological polar surface area (TPSA) is 78.9 Å². The van der Waals surface area contributed by atoms with Gasteiger partial charge in [0.25, 0.3) is 0 Å². The summed E-state index contributed by atoms with van der Waals surface area (Å²) in [7, 11) is 1.52. The van der Waals surface area contributed by atoms with Crippen LogP contribution in [0.4, 0.5) is 0 Å². The predicted octanol–water partition coefficient (Wildman–Crippen LogP) is 6.46. The molecule has 0 fully saturated rings. The van der Waals surface area contributed by atoms with Crippen LogP contribution in [0.1, 0.15) is 5.56 Å². The third-order valence-electron chi connectivity index (χ3n) is 5.34. The van der Waals surface area contributed by atoms with Gasteiger partial charge in [0.1, 0.15) is 29.3 Å². The largest absolute Gasteiger partial charge is 0.497 e. The third-order valence-corrected chi connectivity index (χ3v) is 6.08. The molecule has 0 saturated heterocycles. The maximum absolute atomic E-state index is 12.9. The summed E-state index contributed by atoms with van der Waals surface area (Å²) in [5, 5.41) is 2.18. The van der Waals surface area contributed by atoms with Crippen LogP contribution in [0.2, 0.25) is 10.0 Å². The van der Waals surface area contributed by atoms with Crippen molar-refractivity contribution >= 4 is 45.1 Å². The van der Waals surface area contributed by atoms with Crippen LogP contribution in [0.25, 0.3) is 33.1 Å². The highest BCUT2D eigenvalue weighted by Gasteiger charge is 2.15. The normalized spacial score (nSPS) is 11.1. The molecule has 0 N–H and O–H groups in total. The number of hydrogen-bond acceptors (Lipinski definition) is 6. The van der Waals surface area contributed by atoms with E-state index in [1.165, 1.54) is 13.2 Å². The summed E-state index contributed by atoms with van der Waals surface area (Å²) in [5.74, 6) is 1.05. The molecule has 0 bridgehead atoms. The predicted molar refractivity (Wildman–Crippen MR) is 131 cm³/mol. The van der Waals surface area contributed by atoms with E-state index in [4.69, 9.17) is 41.5 Å². The van der Waals surface area contributed by atoms with Gasteiger partial charge in [-0.2, -0.15) is 0 Å². The van der Waals surface area contributed by atoms with Crippen molar-refractivity contribution in [2.75, 3.05) is 7.11 Å². The van der Waals surface area contributed by atoms with Gasteiger partial charge in [-0.3, -0.25) is 0 Å². The molecule has 5 aromatic rings. The van der Waals surface area contributed by atoms with Crippen molar-refractivity contribution in [3.8, 4) is 22.6 Å². The Labute approximate surface area is 202 Å². The first-order chi connectivity index (χ1) is 16.4. The van der Waals surface area contributed by atoms with Crippen LogP contribution in [-0.4, -0.2) is 7.11 Å². The van der Waals surface area contributed by atoms with Gasteiger partial charge in [-0.1, -0.05) is 29.3 Å². The van der Waals surface area contributed by atoms with E-state index in [-0.39, 0.29) is 12.2 Å². The van der Waals surface area contributed by atoms with Crippen molar-refractivity contribution in [2.24, 2.45) is 0 Å². The smallest absolute Gasteiger partial charge is 0.344 e. The maximum Gasteiger partial charge on any atom is 0.344 e. The highest BCUT2D eigenvalue weighted by Crippen LogP contribution is 2.31. The van der Waals surface area contributed by atoms with Gasteiger partial charge in [0.05, 0.1) is 22.7 Å². The number of halogens is 2. The average Bonchev–Trinajstić information content (AvgIpc) is 2.83. The molecule has 0 unspecified atom stereocenters. The van der Waals surface area contributed by atoms with Crippen LogP contribution < -0.4 is 20.7 Å². The second kappa shape index (κ2) is 8.89. The Morgan fingerprint density at radius 2 is 1.56 bits per heavy atom. The molecule has 8 heteroatoms. The molecule has 0 atom stereocenters. The molecule has 0 aliphatic heterocycles. The molecule has 34 heavy (non-hydrogen) atoms. The molecule has 170 valence electrons. The van der Waals surface area contributed by atoms with E-state index < -0.39 is 11.3 Å². The first kappa shape index (κ1) is 22.1. The average molecular weight is 495 g/mol. The lowest BCUT2D eigenvalue weighted by Crippen LogP contribution is -2.06. The van der Waals surface area contributed by atoms with Crippen LogP contribution in [0.5, 0.6) is 11.5 Å². The van der Waals surface area contributed by atoms with E-state index in [0.717, 1.165) is 5.56 Å². The van der Waals surface area contributed by atoms with Gasteiger partial charge >= 0.3 is 11.3 Å². The zero-order chi connectivity index (χ0) is 23.8. The van der Waals surface area contributed by atoms with E-state index >= 15 is 0 Å². The first-order valence-electron chi connectivity index (χ1n) is 10.2. The van der Waals surface area contributed by atoms with Crippen molar-refractivity contribution in [1.82, 2.24) is 0 Å². The minimum atomic E-state index is -0.586. The Morgan fingerprint density at radius 3 is 2.35 bits per heavy atom. The summed E-state index contributed by atoms with van der Waals surface area (Å²) < 4.78 is 21.9. The fourth-order valence-electron chi connectivity index (χ4n) is 3.66. The van der Waals surface area contributed by atoms with Crippen molar-refractivity contribution in [1.29, 1.82) is 0 Å². The second-order valence-corrected chi connectivity index (χ2v) is 8.34. The standard InChI is InChI=1S/C26H16Cl2O6/c1-31-16-5-6-18-19(12-25(29)33-24(18)10-16)20-9-15-3-4-17(11-23(15)34-26(20)30)32-13-14-2-7-21(27)22(28)8-14/h2-12H,13H2,1H3. The van der Waals surface area contributed by atoms with Gasteiger partial charge in [-0.25, -0.2) is 9.59 Å². The van der Waals surface area contributed by atoms with E-state index in [1.807, 2.05) is 6.07 Å². The van der Waals surface area contributed by atoms with Crippen molar-refractivity contribution in [3.63, 3.8) is 0 Å². The monoisotopic (exact) mass is 494 g/mol. The molecule has 3 aromatic carbocycles. The number of benzene rings is 3. The summed E-state index contributed by atoms with van der Waals surface area (Å²) in [5.41, 5.74) is 1.02. The van der Waals surface area contributed by atoms with Crippen LogP contribution >= 0.6 is 23.2 Å². The summed E-state index contributed by atoms with van der Waals surface area (Å²) >= 11 is 12.0. The Bertz CT molecular complexity index is 1670. The molecule has 0 amide bonds. The lowest BCUT2D eigenvalue weighted by atomic mass is 10.0.